The Bertz CT molecular complexity index is 1270. The maximum absolute atomic E-state index is 13.5. The first kappa shape index (κ1) is 22.1. The highest BCUT2D eigenvalue weighted by atomic mass is 16.6. The molecule has 0 saturated heterocycles. The molecule has 1 aliphatic carbocycles. The van der Waals surface area contributed by atoms with Crippen LogP contribution in [-0.2, 0) is 4.79 Å². The lowest BCUT2D eigenvalue weighted by Gasteiger charge is -2.43. The van der Waals surface area contributed by atoms with Crippen molar-refractivity contribution in [3.63, 3.8) is 0 Å². The largest absolute Gasteiger partial charge is 0.497 e. The minimum Gasteiger partial charge on any atom is -0.497 e. The molecular formula is C25H24N4O4. The average Bonchev–Trinajstić information content (AvgIpc) is 2.77. The van der Waals surface area contributed by atoms with Gasteiger partial charge in [-0.1, -0.05) is 32.0 Å². The Hall–Kier alpha value is -4.12. The summed E-state index contributed by atoms with van der Waals surface area (Å²) in [4.78, 5) is 26.0. The number of anilines is 1. The Balaban J connectivity index is 2.00. The lowest BCUT2D eigenvalue weighted by Crippen LogP contribution is -2.42. The van der Waals surface area contributed by atoms with Crippen LogP contribution in [0.2, 0.25) is 0 Å². The molecule has 0 fully saturated rings. The first-order valence-electron chi connectivity index (χ1n) is 10.5. The van der Waals surface area contributed by atoms with Gasteiger partial charge in [-0.25, -0.2) is 0 Å². The molecule has 4 rings (SSSR count). The van der Waals surface area contributed by atoms with Gasteiger partial charge in [0.05, 0.1) is 35.3 Å². The van der Waals surface area contributed by atoms with Crippen molar-refractivity contribution in [1.82, 2.24) is 0 Å². The average molecular weight is 444 g/mol. The number of hydrogen-bond acceptors (Lipinski definition) is 7. The summed E-state index contributed by atoms with van der Waals surface area (Å²) in [7, 11) is 1.55. The van der Waals surface area contributed by atoms with Crippen LogP contribution in [0.1, 0.15) is 38.2 Å². The van der Waals surface area contributed by atoms with Crippen molar-refractivity contribution in [2.75, 3.05) is 12.0 Å². The summed E-state index contributed by atoms with van der Waals surface area (Å²) >= 11 is 0. The van der Waals surface area contributed by atoms with Gasteiger partial charge < -0.3 is 10.5 Å². The molecule has 33 heavy (non-hydrogen) atoms. The fourth-order valence-corrected chi connectivity index (χ4v) is 4.70. The summed E-state index contributed by atoms with van der Waals surface area (Å²) in [5.74, 6) is 0.0636. The van der Waals surface area contributed by atoms with E-state index in [1.807, 2.05) is 26.0 Å². The molecular weight excluding hydrogens is 420 g/mol. The maximum Gasteiger partial charge on any atom is 0.271 e. The summed E-state index contributed by atoms with van der Waals surface area (Å²) in [5, 5.41) is 21.5. The van der Waals surface area contributed by atoms with Crippen molar-refractivity contribution in [2.24, 2.45) is 11.1 Å². The molecule has 0 spiro atoms. The van der Waals surface area contributed by atoms with Gasteiger partial charge in [-0.15, -0.1) is 0 Å². The predicted molar refractivity (Wildman–Crippen MR) is 123 cm³/mol. The summed E-state index contributed by atoms with van der Waals surface area (Å²) in [5.41, 5.74) is 8.70. The Morgan fingerprint density at radius 3 is 2.61 bits per heavy atom. The van der Waals surface area contributed by atoms with Crippen molar-refractivity contribution in [2.45, 2.75) is 32.6 Å². The Kier molecular flexibility index (Phi) is 5.42. The van der Waals surface area contributed by atoms with E-state index in [1.54, 1.807) is 36.3 Å². The second-order valence-electron chi connectivity index (χ2n) is 9.03. The number of nitrogens with zero attached hydrogens (tertiary/aromatic N) is 3. The van der Waals surface area contributed by atoms with Gasteiger partial charge in [-0.3, -0.25) is 19.8 Å². The summed E-state index contributed by atoms with van der Waals surface area (Å²) in [6.45, 7) is 4.00. The number of ketones is 1. The van der Waals surface area contributed by atoms with E-state index in [0.29, 0.717) is 35.5 Å². The molecule has 1 unspecified atom stereocenters. The molecule has 1 atom stereocenters. The molecule has 8 heteroatoms. The van der Waals surface area contributed by atoms with Crippen LogP contribution in [0.25, 0.3) is 0 Å². The third-order valence-electron chi connectivity index (χ3n) is 6.11. The SMILES string of the molecule is COc1cccc(C2C(C#N)=C(N)N(c3cccc([N+](=O)[O-])c3)C3=C2C(=O)CC(C)(C)C3)c1. The van der Waals surface area contributed by atoms with Crippen molar-refractivity contribution >= 4 is 17.2 Å². The lowest BCUT2D eigenvalue weighted by atomic mass is 9.68. The number of nitro benzene ring substituents is 1. The molecule has 0 aromatic heterocycles. The molecule has 1 heterocycles. The van der Waals surface area contributed by atoms with Crippen molar-refractivity contribution in [1.29, 1.82) is 5.26 Å². The summed E-state index contributed by atoms with van der Waals surface area (Å²) in [6.07, 6.45) is 0.852. The molecule has 1 aliphatic heterocycles. The standard InChI is InChI=1S/C25H24N4O4/c1-25(2)12-20-23(21(30)13-25)22(15-6-4-9-18(10-15)33-3)19(14-26)24(27)28(20)16-7-5-8-17(11-16)29(31)32/h4-11,22H,12-13,27H2,1-3H3. The topological polar surface area (TPSA) is 122 Å². The first-order valence-corrected chi connectivity index (χ1v) is 10.5. The van der Waals surface area contributed by atoms with E-state index < -0.39 is 10.8 Å². The Morgan fingerprint density at radius 2 is 1.94 bits per heavy atom. The van der Waals surface area contributed by atoms with Gasteiger partial charge in [0, 0.05) is 29.8 Å². The number of carbonyl (C=O) groups excluding carboxylic acids is 1. The van der Waals surface area contributed by atoms with E-state index in [9.17, 15) is 20.2 Å². The smallest absolute Gasteiger partial charge is 0.271 e. The van der Waals surface area contributed by atoms with E-state index in [4.69, 9.17) is 10.5 Å². The minimum absolute atomic E-state index is 0.0650. The third kappa shape index (κ3) is 3.82. The number of nitrogens with two attached hydrogens (primary N) is 1. The molecule has 168 valence electrons. The van der Waals surface area contributed by atoms with Crippen LogP contribution in [0.4, 0.5) is 11.4 Å². The number of allylic oxidation sites excluding steroid dienone is 3. The van der Waals surface area contributed by atoms with Crippen LogP contribution < -0.4 is 15.4 Å². The number of ether oxygens (including phenoxy) is 1. The number of nitro groups is 1. The van der Waals surface area contributed by atoms with Crippen LogP contribution >= 0.6 is 0 Å². The lowest BCUT2D eigenvalue weighted by molar-refractivity contribution is -0.384. The number of non-ortho nitro benzene ring substituents is 1. The second kappa shape index (κ2) is 8.10. The molecule has 0 amide bonds. The first-order chi connectivity index (χ1) is 15.7. The van der Waals surface area contributed by atoms with Crippen LogP contribution in [-0.4, -0.2) is 17.8 Å². The number of hydrogen-bond donors (Lipinski definition) is 1. The molecule has 0 saturated carbocycles. The molecule has 8 nitrogen and oxygen atoms in total. The molecule has 0 radical (unpaired) electrons. The summed E-state index contributed by atoms with van der Waals surface area (Å²) < 4.78 is 5.36. The maximum atomic E-state index is 13.5. The number of benzene rings is 2. The molecule has 2 aromatic rings. The van der Waals surface area contributed by atoms with Gasteiger partial charge >= 0.3 is 0 Å². The van der Waals surface area contributed by atoms with E-state index >= 15 is 0 Å². The molecule has 2 aromatic carbocycles. The number of rotatable bonds is 4. The quantitative estimate of drug-likeness (QED) is 0.542. The van der Waals surface area contributed by atoms with E-state index in [-0.39, 0.29) is 28.3 Å². The monoisotopic (exact) mass is 444 g/mol. The van der Waals surface area contributed by atoms with Gasteiger partial charge in [0.15, 0.2) is 5.78 Å². The van der Waals surface area contributed by atoms with Gasteiger partial charge in [-0.2, -0.15) is 5.26 Å². The Labute approximate surface area is 191 Å². The fourth-order valence-electron chi connectivity index (χ4n) is 4.70. The predicted octanol–water partition coefficient (Wildman–Crippen LogP) is 4.54. The summed E-state index contributed by atoms with van der Waals surface area (Å²) in [6, 6.07) is 15.5. The minimum atomic E-state index is -0.640. The number of methoxy groups -OCH3 is 1. The van der Waals surface area contributed by atoms with Crippen molar-refractivity contribution in [3.8, 4) is 11.8 Å². The number of carbonyl (C=O) groups is 1. The van der Waals surface area contributed by atoms with Gasteiger partial charge in [0.25, 0.3) is 5.69 Å². The van der Waals surface area contributed by atoms with Crippen LogP contribution in [0.5, 0.6) is 5.75 Å². The fraction of sp³-hybridized carbons (Fsp3) is 0.280. The molecule has 0 bridgehead atoms. The Morgan fingerprint density at radius 1 is 1.21 bits per heavy atom. The van der Waals surface area contributed by atoms with Crippen molar-refractivity contribution < 1.29 is 14.5 Å². The van der Waals surface area contributed by atoms with Crippen LogP contribution in [0.15, 0.2) is 71.2 Å². The zero-order valence-electron chi connectivity index (χ0n) is 18.7. The highest BCUT2D eigenvalue weighted by molar-refractivity contribution is 6.01. The highest BCUT2D eigenvalue weighted by Gasteiger charge is 2.44. The van der Waals surface area contributed by atoms with Gasteiger partial charge in [0.1, 0.15) is 11.6 Å². The van der Waals surface area contributed by atoms with Crippen LogP contribution in [0.3, 0.4) is 0 Å². The second-order valence-corrected chi connectivity index (χ2v) is 9.03. The molecule has 2 aliphatic rings. The van der Waals surface area contributed by atoms with Crippen LogP contribution in [0, 0.1) is 26.9 Å². The van der Waals surface area contributed by atoms with Gasteiger partial charge in [0.2, 0.25) is 0 Å². The zero-order valence-corrected chi connectivity index (χ0v) is 18.7. The van der Waals surface area contributed by atoms with E-state index in [1.165, 1.54) is 12.1 Å². The highest BCUT2D eigenvalue weighted by Crippen LogP contribution is 2.50. The normalized spacial score (nSPS) is 19.8. The third-order valence-corrected chi connectivity index (χ3v) is 6.11. The number of Topliss-reactive ketones (excluding diaryl/α,β-unsaturated/α-hetero) is 1. The van der Waals surface area contributed by atoms with E-state index in [2.05, 4.69) is 6.07 Å². The van der Waals surface area contributed by atoms with E-state index in [0.717, 1.165) is 5.56 Å². The zero-order chi connectivity index (χ0) is 23.9. The number of nitriles is 1. The molecule has 2 N–H and O–H groups in total. The van der Waals surface area contributed by atoms with Crippen molar-refractivity contribution in [3.05, 3.63) is 86.9 Å². The van der Waals surface area contributed by atoms with Gasteiger partial charge in [-0.05, 0) is 35.6 Å².